The van der Waals surface area contributed by atoms with Gasteiger partial charge in [0.1, 0.15) is 0 Å². The van der Waals surface area contributed by atoms with E-state index >= 15 is 0 Å². The first kappa shape index (κ1) is 10.3. The molecule has 0 rings (SSSR count). The zero-order chi connectivity index (χ0) is 8.85. The van der Waals surface area contributed by atoms with E-state index in [0.29, 0.717) is 5.92 Å². The van der Waals surface area contributed by atoms with Gasteiger partial charge in [0.25, 0.3) is 0 Å². The molecule has 1 unspecified atom stereocenters. The Kier molecular flexibility index (Phi) is 4.70. The van der Waals surface area contributed by atoms with Crippen LogP contribution in [0.3, 0.4) is 0 Å². The molecule has 0 aromatic rings. The van der Waals surface area contributed by atoms with Gasteiger partial charge < -0.3 is 0 Å². The number of hydrogen-bond acceptors (Lipinski definition) is 0. The van der Waals surface area contributed by atoms with Crippen molar-refractivity contribution >= 4 is 0 Å². The molecule has 0 aliphatic rings. The van der Waals surface area contributed by atoms with Crippen molar-refractivity contribution in [3.8, 4) is 11.8 Å². The minimum Gasteiger partial charge on any atom is -0.106 e. The lowest BCUT2D eigenvalue weighted by atomic mass is 9.97. The molecule has 0 bridgehead atoms. The zero-order valence-corrected chi connectivity index (χ0v) is 8.28. The Morgan fingerprint density at radius 1 is 1.36 bits per heavy atom. The first-order valence-corrected chi connectivity index (χ1v) is 4.22. The summed E-state index contributed by atoms with van der Waals surface area (Å²) in [6.45, 7) is 10.6. The molecule has 0 heterocycles. The standard InChI is InChI=1S/C11H18/c1-6-8-10(4)11(5)9(3)7-2/h10H,7H2,1-5H3. The van der Waals surface area contributed by atoms with Gasteiger partial charge in [0.15, 0.2) is 0 Å². The normalized spacial score (nSPS) is 14.6. The van der Waals surface area contributed by atoms with Gasteiger partial charge >= 0.3 is 0 Å². The topological polar surface area (TPSA) is 0 Å². The molecule has 0 aliphatic carbocycles. The van der Waals surface area contributed by atoms with Gasteiger partial charge in [-0.3, -0.25) is 0 Å². The molecular formula is C11H18. The summed E-state index contributed by atoms with van der Waals surface area (Å²) >= 11 is 0. The predicted octanol–water partition coefficient (Wildman–Crippen LogP) is 3.39. The van der Waals surface area contributed by atoms with Crippen LogP contribution in [0.2, 0.25) is 0 Å². The molecule has 0 nitrogen and oxygen atoms in total. The summed E-state index contributed by atoms with van der Waals surface area (Å²) in [4.78, 5) is 0. The van der Waals surface area contributed by atoms with E-state index in [9.17, 15) is 0 Å². The summed E-state index contributed by atoms with van der Waals surface area (Å²) in [6.07, 6.45) is 1.14. The first-order chi connectivity index (χ1) is 5.13. The van der Waals surface area contributed by atoms with Gasteiger partial charge in [0.2, 0.25) is 0 Å². The van der Waals surface area contributed by atoms with Crippen LogP contribution in [-0.4, -0.2) is 0 Å². The second-order valence-electron chi connectivity index (χ2n) is 2.93. The van der Waals surface area contributed by atoms with Crippen molar-refractivity contribution in [2.45, 2.75) is 41.0 Å². The molecule has 0 heteroatoms. The van der Waals surface area contributed by atoms with E-state index in [1.54, 1.807) is 0 Å². The molecule has 0 spiro atoms. The van der Waals surface area contributed by atoms with Crippen molar-refractivity contribution in [1.82, 2.24) is 0 Å². The summed E-state index contributed by atoms with van der Waals surface area (Å²) in [6, 6.07) is 0. The molecule has 0 aromatic carbocycles. The summed E-state index contributed by atoms with van der Waals surface area (Å²) in [5, 5.41) is 0. The van der Waals surface area contributed by atoms with Crippen LogP contribution in [0, 0.1) is 17.8 Å². The number of allylic oxidation sites excluding steroid dienone is 2. The van der Waals surface area contributed by atoms with Crippen molar-refractivity contribution in [2.75, 3.05) is 0 Å². The summed E-state index contributed by atoms with van der Waals surface area (Å²) in [7, 11) is 0. The van der Waals surface area contributed by atoms with Gasteiger partial charge in [-0.25, -0.2) is 0 Å². The van der Waals surface area contributed by atoms with E-state index in [1.165, 1.54) is 11.1 Å². The van der Waals surface area contributed by atoms with Crippen LogP contribution < -0.4 is 0 Å². The molecule has 0 aromatic heterocycles. The highest BCUT2D eigenvalue weighted by molar-refractivity contribution is 5.20. The quantitative estimate of drug-likeness (QED) is 0.418. The molecule has 0 amide bonds. The maximum absolute atomic E-state index is 3.15. The molecule has 0 fully saturated rings. The maximum Gasteiger partial charge on any atom is 0.0383 e. The zero-order valence-electron chi connectivity index (χ0n) is 8.28. The van der Waals surface area contributed by atoms with Crippen molar-refractivity contribution in [1.29, 1.82) is 0 Å². The Hall–Kier alpha value is -0.700. The Labute approximate surface area is 70.7 Å². The van der Waals surface area contributed by atoms with Gasteiger partial charge in [-0.15, -0.1) is 5.92 Å². The average Bonchev–Trinajstić information content (AvgIpc) is 2.02. The van der Waals surface area contributed by atoms with Crippen molar-refractivity contribution < 1.29 is 0 Å². The third-order valence-electron chi connectivity index (χ3n) is 2.21. The lowest BCUT2D eigenvalue weighted by Crippen LogP contribution is -1.95. The highest BCUT2D eigenvalue weighted by atomic mass is 14.1. The van der Waals surface area contributed by atoms with Crippen LogP contribution in [-0.2, 0) is 0 Å². The largest absolute Gasteiger partial charge is 0.106 e. The minimum atomic E-state index is 0.431. The summed E-state index contributed by atoms with van der Waals surface area (Å²) < 4.78 is 0. The molecule has 0 N–H and O–H groups in total. The van der Waals surface area contributed by atoms with E-state index in [-0.39, 0.29) is 0 Å². The average molecular weight is 150 g/mol. The van der Waals surface area contributed by atoms with Gasteiger partial charge in [0, 0.05) is 5.92 Å². The van der Waals surface area contributed by atoms with Crippen LogP contribution in [0.15, 0.2) is 11.1 Å². The Morgan fingerprint density at radius 3 is 2.27 bits per heavy atom. The van der Waals surface area contributed by atoms with E-state index in [0.717, 1.165) is 6.42 Å². The fraction of sp³-hybridized carbons (Fsp3) is 0.636. The molecule has 62 valence electrons. The maximum atomic E-state index is 3.15. The van der Waals surface area contributed by atoms with Crippen LogP contribution in [0.25, 0.3) is 0 Å². The molecule has 11 heavy (non-hydrogen) atoms. The molecular weight excluding hydrogens is 132 g/mol. The van der Waals surface area contributed by atoms with Gasteiger partial charge in [0.05, 0.1) is 0 Å². The molecule has 0 radical (unpaired) electrons. The molecule has 0 saturated heterocycles. The monoisotopic (exact) mass is 150 g/mol. The second-order valence-corrected chi connectivity index (χ2v) is 2.93. The second kappa shape index (κ2) is 5.02. The van der Waals surface area contributed by atoms with Gasteiger partial charge in [-0.1, -0.05) is 24.0 Å². The minimum absolute atomic E-state index is 0.431. The van der Waals surface area contributed by atoms with Crippen molar-refractivity contribution in [3.05, 3.63) is 11.1 Å². The first-order valence-electron chi connectivity index (χ1n) is 4.22. The van der Waals surface area contributed by atoms with Crippen LogP contribution in [0.4, 0.5) is 0 Å². The molecule has 0 saturated carbocycles. The predicted molar refractivity (Wildman–Crippen MR) is 51.3 cm³/mol. The molecule has 1 atom stereocenters. The lowest BCUT2D eigenvalue weighted by molar-refractivity contribution is 0.855. The van der Waals surface area contributed by atoms with E-state index in [2.05, 4.69) is 39.5 Å². The van der Waals surface area contributed by atoms with Gasteiger partial charge in [-0.05, 0) is 34.1 Å². The number of hydrogen-bond donors (Lipinski definition) is 0. The third-order valence-corrected chi connectivity index (χ3v) is 2.21. The van der Waals surface area contributed by atoms with Crippen molar-refractivity contribution in [2.24, 2.45) is 5.92 Å². The number of rotatable bonds is 2. The van der Waals surface area contributed by atoms with Crippen LogP contribution >= 0.6 is 0 Å². The Balaban J connectivity index is 4.41. The lowest BCUT2D eigenvalue weighted by Gasteiger charge is -2.08. The third kappa shape index (κ3) is 3.28. The Morgan fingerprint density at radius 2 is 1.91 bits per heavy atom. The van der Waals surface area contributed by atoms with Crippen LogP contribution in [0.5, 0.6) is 0 Å². The fourth-order valence-corrected chi connectivity index (χ4v) is 0.973. The van der Waals surface area contributed by atoms with E-state index < -0.39 is 0 Å². The SMILES string of the molecule is CC#CC(C)C(C)=C(C)CC. The summed E-state index contributed by atoms with van der Waals surface area (Å²) in [5.41, 5.74) is 2.90. The van der Waals surface area contributed by atoms with E-state index in [1.807, 2.05) is 6.92 Å². The van der Waals surface area contributed by atoms with Gasteiger partial charge in [-0.2, -0.15) is 0 Å². The highest BCUT2D eigenvalue weighted by Gasteiger charge is 2.01. The Bertz CT molecular complexity index is 198. The highest BCUT2D eigenvalue weighted by Crippen LogP contribution is 2.15. The van der Waals surface area contributed by atoms with Crippen molar-refractivity contribution in [3.63, 3.8) is 0 Å². The van der Waals surface area contributed by atoms with E-state index in [4.69, 9.17) is 0 Å². The van der Waals surface area contributed by atoms with Crippen LogP contribution in [0.1, 0.15) is 41.0 Å². The fourth-order valence-electron chi connectivity index (χ4n) is 0.973. The molecule has 0 aliphatic heterocycles. The smallest absolute Gasteiger partial charge is 0.0383 e. The summed E-state index contributed by atoms with van der Waals surface area (Å²) in [5.74, 6) is 6.53.